The van der Waals surface area contributed by atoms with Crippen molar-refractivity contribution in [1.82, 2.24) is 15.5 Å². The Balaban J connectivity index is 0.00000392. The Morgan fingerprint density at radius 2 is 2.25 bits per heavy atom. The van der Waals surface area contributed by atoms with Crippen molar-refractivity contribution in [2.75, 3.05) is 52.6 Å². The highest BCUT2D eigenvalue weighted by Gasteiger charge is 2.26. The van der Waals surface area contributed by atoms with Crippen molar-refractivity contribution < 1.29 is 14.3 Å². The Morgan fingerprint density at radius 1 is 1.39 bits per heavy atom. The maximum Gasteiger partial charge on any atom is 0.222 e. The van der Waals surface area contributed by atoms with Gasteiger partial charge in [-0.1, -0.05) is 6.92 Å². The first-order chi connectivity index (χ1) is 13.2. The molecule has 0 aliphatic carbocycles. The van der Waals surface area contributed by atoms with Crippen LogP contribution in [0.1, 0.15) is 52.4 Å². The zero-order valence-corrected chi connectivity index (χ0v) is 19.9. The van der Waals surface area contributed by atoms with Gasteiger partial charge < -0.3 is 25.0 Å². The largest absolute Gasteiger partial charge is 0.381 e. The second kappa shape index (κ2) is 15.3. The summed E-state index contributed by atoms with van der Waals surface area (Å²) in [5.41, 5.74) is 0. The van der Waals surface area contributed by atoms with E-state index in [1.165, 1.54) is 0 Å². The number of aliphatic imine (C=N–C) groups is 1. The summed E-state index contributed by atoms with van der Waals surface area (Å²) >= 11 is 0. The van der Waals surface area contributed by atoms with E-state index in [1.807, 2.05) is 0 Å². The molecule has 0 saturated carbocycles. The third-order valence-corrected chi connectivity index (χ3v) is 5.23. The molecule has 2 N–H and O–H groups in total. The Labute approximate surface area is 187 Å². The number of halogens is 1. The summed E-state index contributed by atoms with van der Waals surface area (Å²) in [6.07, 6.45) is 5.72. The minimum Gasteiger partial charge on any atom is -0.381 e. The fourth-order valence-corrected chi connectivity index (χ4v) is 3.66. The molecule has 0 aromatic heterocycles. The lowest BCUT2D eigenvalue weighted by molar-refractivity contribution is -0.129. The van der Waals surface area contributed by atoms with E-state index in [2.05, 4.69) is 34.4 Å². The zero-order valence-electron chi connectivity index (χ0n) is 17.6. The number of guanidine groups is 1. The van der Waals surface area contributed by atoms with Crippen LogP contribution in [-0.4, -0.2) is 75.4 Å². The number of rotatable bonds is 12. The zero-order chi connectivity index (χ0) is 19.3. The van der Waals surface area contributed by atoms with Gasteiger partial charge >= 0.3 is 0 Å². The van der Waals surface area contributed by atoms with Gasteiger partial charge in [0.1, 0.15) is 0 Å². The molecule has 7 nitrogen and oxygen atoms in total. The van der Waals surface area contributed by atoms with Crippen LogP contribution in [0.25, 0.3) is 0 Å². The van der Waals surface area contributed by atoms with Crippen molar-refractivity contribution in [3.05, 3.63) is 0 Å². The third kappa shape index (κ3) is 9.26. The van der Waals surface area contributed by atoms with Crippen LogP contribution in [0, 0.1) is 5.92 Å². The molecule has 0 aromatic rings. The van der Waals surface area contributed by atoms with Crippen molar-refractivity contribution in [3.8, 4) is 0 Å². The molecule has 2 unspecified atom stereocenters. The molecule has 1 amide bonds. The van der Waals surface area contributed by atoms with Crippen LogP contribution in [0.5, 0.6) is 0 Å². The number of carbonyl (C=O) groups is 1. The molecule has 2 aliphatic heterocycles. The fraction of sp³-hybridized carbons (Fsp3) is 0.900. The quantitative estimate of drug-likeness (QED) is 0.183. The predicted octanol–water partition coefficient (Wildman–Crippen LogP) is 2.39. The lowest BCUT2D eigenvalue weighted by atomic mass is 10.1. The molecular formula is C20H39IN4O3. The van der Waals surface area contributed by atoms with Gasteiger partial charge in [-0.15, -0.1) is 24.0 Å². The summed E-state index contributed by atoms with van der Waals surface area (Å²) in [6.45, 7) is 10.8. The van der Waals surface area contributed by atoms with Crippen LogP contribution >= 0.6 is 24.0 Å². The first-order valence-corrected chi connectivity index (χ1v) is 10.7. The number of nitrogens with one attached hydrogen (secondary N) is 2. The Morgan fingerprint density at radius 3 is 2.89 bits per heavy atom. The number of likely N-dealkylation sites (tertiary alicyclic amines) is 1. The lowest BCUT2D eigenvalue weighted by Gasteiger charge is -2.27. The number of hydrogen-bond donors (Lipinski definition) is 2. The Hall–Kier alpha value is -0.610. The van der Waals surface area contributed by atoms with Crippen LogP contribution < -0.4 is 10.6 Å². The summed E-state index contributed by atoms with van der Waals surface area (Å²) in [4.78, 5) is 18.6. The van der Waals surface area contributed by atoms with E-state index in [0.29, 0.717) is 24.3 Å². The molecule has 8 heteroatoms. The topological polar surface area (TPSA) is 75.2 Å². The maximum absolute atomic E-state index is 11.9. The number of amides is 1. The highest BCUT2D eigenvalue weighted by molar-refractivity contribution is 14.0. The molecule has 2 rings (SSSR count). The summed E-state index contributed by atoms with van der Waals surface area (Å²) < 4.78 is 11.1. The van der Waals surface area contributed by atoms with Crippen LogP contribution in [0.4, 0.5) is 0 Å². The predicted molar refractivity (Wildman–Crippen MR) is 123 cm³/mol. The Bertz CT molecular complexity index is 459. The second-order valence-electron chi connectivity index (χ2n) is 7.39. The van der Waals surface area contributed by atoms with Gasteiger partial charge in [-0.2, -0.15) is 0 Å². The first kappa shape index (κ1) is 25.4. The van der Waals surface area contributed by atoms with Gasteiger partial charge in [0.2, 0.25) is 5.91 Å². The fourth-order valence-electron chi connectivity index (χ4n) is 3.66. The number of hydrogen-bond acceptors (Lipinski definition) is 4. The number of carbonyl (C=O) groups excluding carboxylic acids is 1. The van der Waals surface area contributed by atoms with E-state index in [1.54, 1.807) is 0 Å². The van der Waals surface area contributed by atoms with Gasteiger partial charge in [0, 0.05) is 57.8 Å². The molecule has 2 heterocycles. The molecule has 0 bridgehead atoms. The number of ether oxygens (including phenoxy) is 2. The van der Waals surface area contributed by atoms with E-state index >= 15 is 0 Å². The van der Waals surface area contributed by atoms with Crippen molar-refractivity contribution in [1.29, 1.82) is 0 Å². The minimum absolute atomic E-state index is 0. The highest BCUT2D eigenvalue weighted by Crippen LogP contribution is 2.17. The van der Waals surface area contributed by atoms with Crippen molar-refractivity contribution in [3.63, 3.8) is 0 Å². The van der Waals surface area contributed by atoms with E-state index < -0.39 is 0 Å². The van der Waals surface area contributed by atoms with E-state index in [-0.39, 0.29) is 24.0 Å². The molecule has 2 atom stereocenters. The standard InChI is InChI=1S/C20H38N4O3.HI/c1-3-18(24-12-5-7-19(24)25)8-11-23-20(21-4-2)22-10-6-13-26-15-17-9-14-27-16-17;/h17-18H,3-16H2,1-2H3,(H2,21,22,23);1H. The van der Waals surface area contributed by atoms with Crippen molar-refractivity contribution in [2.45, 2.75) is 58.4 Å². The average molecular weight is 510 g/mol. The summed E-state index contributed by atoms with van der Waals surface area (Å²) in [7, 11) is 0. The number of nitrogens with zero attached hydrogens (tertiary/aromatic N) is 2. The van der Waals surface area contributed by atoms with E-state index in [0.717, 1.165) is 90.7 Å². The van der Waals surface area contributed by atoms with Gasteiger partial charge in [-0.05, 0) is 39.0 Å². The third-order valence-electron chi connectivity index (χ3n) is 5.23. The van der Waals surface area contributed by atoms with E-state index in [9.17, 15) is 4.79 Å². The second-order valence-corrected chi connectivity index (χ2v) is 7.39. The molecular weight excluding hydrogens is 471 g/mol. The average Bonchev–Trinajstić information content (AvgIpc) is 3.33. The molecule has 28 heavy (non-hydrogen) atoms. The molecule has 2 saturated heterocycles. The van der Waals surface area contributed by atoms with Gasteiger partial charge in [0.15, 0.2) is 5.96 Å². The van der Waals surface area contributed by atoms with E-state index in [4.69, 9.17) is 9.47 Å². The molecule has 0 radical (unpaired) electrons. The molecule has 2 aliphatic rings. The highest BCUT2D eigenvalue weighted by atomic mass is 127. The molecule has 164 valence electrons. The minimum atomic E-state index is 0. The smallest absolute Gasteiger partial charge is 0.222 e. The summed E-state index contributed by atoms with van der Waals surface area (Å²) in [5.74, 6) is 1.73. The normalized spacial score (nSPS) is 20.9. The van der Waals surface area contributed by atoms with Gasteiger partial charge in [0.05, 0.1) is 13.2 Å². The SMILES string of the molecule is CCNC(=NCCCOCC1CCOC1)NCCC(CC)N1CCCC1=O.I. The molecule has 2 fully saturated rings. The van der Waals surface area contributed by atoms with Crippen molar-refractivity contribution >= 4 is 35.8 Å². The first-order valence-electron chi connectivity index (χ1n) is 10.7. The van der Waals surface area contributed by atoms with Gasteiger partial charge in [-0.3, -0.25) is 9.79 Å². The van der Waals surface area contributed by atoms with Crippen molar-refractivity contribution in [2.24, 2.45) is 10.9 Å². The Kier molecular flexibility index (Phi) is 13.9. The monoisotopic (exact) mass is 510 g/mol. The summed E-state index contributed by atoms with van der Waals surface area (Å²) in [6, 6.07) is 0.336. The van der Waals surface area contributed by atoms with Gasteiger partial charge in [0.25, 0.3) is 0 Å². The maximum atomic E-state index is 11.9. The molecule has 0 aromatic carbocycles. The summed E-state index contributed by atoms with van der Waals surface area (Å²) in [5, 5.41) is 6.69. The lowest BCUT2D eigenvalue weighted by Crippen LogP contribution is -2.42. The van der Waals surface area contributed by atoms with Crippen LogP contribution in [0.3, 0.4) is 0 Å². The van der Waals surface area contributed by atoms with Gasteiger partial charge in [-0.25, -0.2) is 0 Å². The van der Waals surface area contributed by atoms with Crippen LogP contribution in [0.15, 0.2) is 4.99 Å². The van der Waals surface area contributed by atoms with Crippen LogP contribution in [0.2, 0.25) is 0 Å². The van der Waals surface area contributed by atoms with Crippen LogP contribution in [-0.2, 0) is 14.3 Å². The molecule has 0 spiro atoms.